The minimum atomic E-state index is -0.310. The minimum absolute atomic E-state index is 0.164. The van der Waals surface area contributed by atoms with Crippen LogP contribution in [0, 0.1) is 0 Å². The van der Waals surface area contributed by atoms with Crippen molar-refractivity contribution in [3.8, 4) is 0 Å². The van der Waals surface area contributed by atoms with Gasteiger partial charge in [-0.1, -0.05) is 30.3 Å². The van der Waals surface area contributed by atoms with Gasteiger partial charge in [-0.3, -0.25) is 5.26 Å². The molecule has 2 rings (SSSR count). The van der Waals surface area contributed by atoms with E-state index in [1.165, 1.54) is 0 Å². The molecule has 0 bridgehead atoms. The lowest BCUT2D eigenvalue weighted by Crippen LogP contribution is -2.40. The van der Waals surface area contributed by atoms with Crippen molar-refractivity contribution >= 4 is 6.09 Å². The maximum Gasteiger partial charge on any atom is 0.410 e. The smallest absolute Gasteiger partial charge is 0.410 e. The number of amides is 1. The molecule has 0 radical (unpaired) electrons. The molecule has 5 heteroatoms. The highest BCUT2D eigenvalue weighted by molar-refractivity contribution is 5.67. The van der Waals surface area contributed by atoms with Gasteiger partial charge < -0.3 is 9.64 Å². The van der Waals surface area contributed by atoms with Crippen LogP contribution in [-0.2, 0) is 16.2 Å². The van der Waals surface area contributed by atoms with Crippen molar-refractivity contribution in [2.45, 2.75) is 25.6 Å². The number of nitrogens with zero attached hydrogens (tertiary/aromatic N) is 1. The Labute approximate surface area is 106 Å². The number of benzene rings is 1. The normalized spacial score (nSPS) is 16.6. The van der Waals surface area contributed by atoms with Crippen molar-refractivity contribution < 1.29 is 19.7 Å². The minimum Gasteiger partial charge on any atom is -0.445 e. The summed E-state index contributed by atoms with van der Waals surface area (Å²) in [5.74, 6) is 0. The van der Waals surface area contributed by atoms with E-state index in [0.29, 0.717) is 25.9 Å². The monoisotopic (exact) mass is 251 g/mol. The van der Waals surface area contributed by atoms with Gasteiger partial charge in [0, 0.05) is 13.1 Å². The molecular formula is C13H17NO4. The van der Waals surface area contributed by atoms with Crippen LogP contribution in [0.25, 0.3) is 0 Å². The van der Waals surface area contributed by atoms with Crippen LogP contribution in [0.3, 0.4) is 0 Å². The standard InChI is InChI=1S/C13H17NO4/c15-13(14-8-6-12(18-16)7-9-14)17-10-11-4-2-1-3-5-11/h1-5,12,16H,6-10H2. The molecular weight excluding hydrogens is 234 g/mol. The van der Waals surface area contributed by atoms with Crippen LogP contribution >= 0.6 is 0 Å². The number of rotatable bonds is 3. The average molecular weight is 251 g/mol. The van der Waals surface area contributed by atoms with E-state index in [9.17, 15) is 4.79 Å². The molecule has 18 heavy (non-hydrogen) atoms. The van der Waals surface area contributed by atoms with Crippen LogP contribution < -0.4 is 0 Å². The molecule has 0 saturated carbocycles. The van der Waals surface area contributed by atoms with E-state index in [0.717, 1.165) is 5.56 Å². The third-order valence-electron chi connectivity index (χ3n) is 3.05. The van der Waals surface area contributed by atoms with E-state index in [-0.39, 0.29) is 18.8 Å². The summed E-state index contributed by atoms with van der Waals surface area (Å²) in [6, 6.07) is 9.57. The van der Waals surface area contributed by atoms with Gasteiger partial charge in [0.25, 0.3) is 0 Å². The fourth-order valence-electron chi connectivity index (χ4n) is 1.95. The predicted octanol–water partition coefficient (Wildman–Crippen LogP) is 2.28. The maximum absolute atomic E-state index is 11.8. The summed E-state index contributed by atoms with van der Waals surface area (Å²) in [5.41, 5.74) is 0.972. The first kappa shape index (κ1) is 12.9. The van der Waals surface area contributed by atoms with Crippen molar-refractivity contribution in [2.24, 2.45) is 0 Å². The van der Waals surface area contributed by atoms with Gasteiger partial charge in [0.15, 0.2) is 0 Å². The first-order valence-corrected chi connectivity index (χ1v) is 6.05. The van der Waals surface area contributed by atoms with Crippen molar-refractivity contribution in [1.82, 2.24) is 4.90 Å². The summed E-state index contributed by atoms with van der Waals surface area (Å²) < 4.78 is 5.22. The SMILES string of the molecule is O=C(OCc1ccccc1)N1CCC(OO)CC1. The Bertz CT molecular complexity index is 374. The fraction of sp³-hybridized carbons (Fsp3) is 0.462. The average Bonchev–Trinajstić information content (AvgIpc) is 2.46. The van der Waals surface area contributed by atoms with Gasteiger partial charge in [0.2, 0.25) is 0 Å². The second kappa shape index (κ2) is 6.37. The van der Waals surface area contributed by atoms with Gasteiger partial charge in [0.1, 0.15) is 6.61 Å². The second-order valence-corrected chi connectivity index (χ2v) is 4.33. The Hall–Kier alpha value is -1.59. The van der Waals surface area contributed by atoms with Gasteiger partial charge in [-0.25, -0.2) is 9.68 Å². The third kappa shape index (κ3) is 3.45. The Balaban J connectivity index is 1.75. The largest absolute Gasteiger partial charge is 0.445 e. The van der Waals surface area contributed by atoms with Gasteiger partial charge in [0.05, 0.1) is 6.10 Å². The first-order valence-electron chi connectivity index (χ1n) is 6.05. The summed E-state index contributed by atoms with van der Waals surface area (Å²) in [4.78, 5) is 17.7. The Morgan fingerprint density at radius 2 is 1.94 bits per heavy atom. The van der Waals surface area contributed by atoms with Crippen molar-refractivity contribution in [1.29, 1.82) is 0 Å². The van der Waals surface area contributed by atoms with Gasteiger partial charge >= 0.3 is 6.09 Å². The first-order chi connectivity index (χ1) is 8.79. The Morgan fingerprint density at radius 3 is 2.56 bits per heavy atom. The highest BCUT2D eigenvalue weighted by Crippen LogP contribution is 2.14. The number of hydrogen-bond donors (Lipinski definition) is 1. The zero-order chi connectivity index (χ0) is 12.8. The van der Waals surface area contributed by atoms with E-state index in [1.807, 2.05) is 30.3 Å². The summed E-state index contributed by atoms with van der Waals surface area (Å²) in [7, 11) is 0. The topological polar surface area (TPSA) is 59.0 Å². The molecule has 1 saturated heterocycles. The van der Waals surface area contributed by atoms with Crippen LogP contribution in [-0.4, -0.2) is 35.4 Å². The van der Waals surface area contributed by atoms with E-state index in [2.05, 4.69) is 4.89 Å². The molecule has 0 spiro atoms. The summed E-state index contributed by atoms with van der Waals surface area (Å²) in [6.45, 7) is 1.40. The van der Waals surface area contributed by atoms with Gasteiger partial charge in [-0.2, -0.15) is 0 Å². The Morgan fingerprint density at radius 1 is 1.28 bits per heavy atom. The molecule has 1 aliphatic heterocycles. The molecule has 0 unspecified atom stereocenters. The van der Waals surface area contributed by atoms with Crippen LogP contribution in [0.1, 0.15) is 18.4 Å². The quantitative estimate of drug-likeness (QED) is 0.661. The van der Waals surface area contributed by atoms with Crippen molar-refractivity contribution in [3.05, 3.63) is 35.9 Å². The third-order valence-corrected chi connectivity index (χ3v) is 3.05. The molecule has 0 atom stereocenters. The van der Waals surface area contributed by atoms with Crippen molar-refractivity contribution in [3.63, 3.8) is 0 Å². The number of carbonyl (C=O) groups is 1. The molecule has 0 aromatic heterocycles. The second-order valence-electron chi connectivity index (χ2n) is 4.33. The Kier molecular flexibility index (Phi) is 4.55. The number of piperidine rings is 1. The summed E-state index contributed by atoms with van der Waals surface area (Å²) in [6.07, 6.45) is 0.798. The molecule has 1 N–H and O–H groups in total. The van der Waals surface area contributed by atoms with E-state index in [4.69, 9.17) is 9.99 Å². The van der Waals surface area contributed by atoms with E-state index >= 15 is 0 Å². The van der Waals surface area contributed by atoms with Crippen LogP contribution in [0.4, 0.5) is 4.79 Å². The fourth-order valence-corrected chi connectivity index (χ4v) is 1.95. The molecule has 98 valence electrons. The van der Waals surface area contributed by atoms with Crippen LogP contribution in [0.5, 0.6) is 0 Å². The number of carbonyl (C=O) groups excluding carboxylic acids is 1. The highest BCUT2D eigenvalue weighted by atomic mass is 17.1. The molecule has 1 aromatic carbocycles. The number of ether oxygens (including phenoxy) is 1. The molecule has 1 aromatic rings. The lowest BCUT2D eigenvalue weighted by atomic mass is 10.1. The number of likely N-dealkylation sites (tertiary alicyclic amines) is 1. The van der Waals surface area contributed by atoms with Gasteiger partial charge in [-0.05, 0) is 18.4 Å². The molecule has 1 fully saturated rings. The lowest BCUT2D eigenvalue weighted by Gasteiger charge is -2.29. The molecule has 1 heterocycles. The zero-order valence-corrected chi connectivity index (χ0v) is 10.1. The number of hydrogen-bond acceptors (Lipinski definition) is 4. The van der Waals surface area contributed by atoms with E-state index < -0.39 is 0 Å². The molecule has 5 nitrogen and oxygen atoms in total. The molecule has 1 amide bonds. The maximum atomic E-state index is 11.8. The summed E-state index contributed by atoms with van der Waals surface area (Å²) >= 11 is 0. The summed E-state index contributed by atoms with van der Waals surface area (Å²) in [5, 5.41) is 8.53. The van der Waals surface area contributed by atoms with Crippen molar-refractivity contribution in [2.75, 3.05) is 13.1 Å². The van der Waals surface area contributed by atoms with Gasteiger partial charge in [-0.15, -0.1) is 0 Å². The lowest BCUT2D eigenvalue weighted by molar-refractivity contribution is -0.284. The van der Waals surface area contributed by atoms with Crippen LogP contribution in [0.2, 0.25) is 0 Å². The zero-order valence-electron chi connectivity index (χ0n) is 10.1. The van der Waals surface area contributed by atoms with E-state index in [1.54, 1.807) is 4.90 Å². The molecule has 1 aliphatic rings. The predicted molar refractivity (Wildman–Crippen MR) is 64.9 cm³/mol. The van der Waals surface area contributed by atoms with Crippen LogP contribution in [0.15, 0.2) is 30.3 Å². The molecule has 0 aliphatic carbocycles. The highest BCUT2D eigenvalue weighted by Gasteiger charge is 2.24.